The van der Waals surface area contributed by atoms with Gasteiger partial charge in [0.05, 0.1) is 18.0 Å². The molecule has 18 heavy (non-hydrogen) atoms. The molecule has 0 atom stereocenters. The van der Waals surface area contributed by atoms with Gasteiger partial charge < -0.3 is 5.11 Å². The number of hydrogen-bond acceptors (Lipinski definition) is 2. The Hall–Kier alpha value is -1.61. The van der Waals surface area contributed by atoms with E-state index in [9.17, 15) is 5.11 Å². The van der Waals surface area contributed by atoms with Crippen LogP contribution in [0, 0.1) is 0 Å². The van der Waals surface area contributed by atoms with Crippen molar-refractivity contribution in [2.75, 3.05) is 0 Å². The van der Waals surface area contributed by atoms with Crippen molar-refractivity contribution < 1.29 is 5.11 Å². The maximum Gasteiger partial charge on any atom is 0.0926 e. The van der Waals surface area contributed by atoms with Gasteiger partial charge in [0.25, 0.3) is 0 Å². The van der Waals surface area contributed by atoms with Crippen molar-refractivity contribution >= 4 is 0 Å². The molecule has 0 amide bonds. The van der Waals surface area contributed by atoms with Gasteiger partial charge in [-0.05, 0) is 48.9 Å². The average molecular weight is 242 g/mol. The van der Waals surface area contributed by atoms with E-state index in [-0.39, 0.29) is 6.61 Å². The van der Waals surface area contributed by atoms with E-state index in [4.69, 9.17) is 0 Å². The summed E-state index contributed by atoms with van der Waals surface area (Å²) in [5.74, 6) is 0. The highest BCUT2D eigenvalue weighted by molar-refractivity contribution is 5.61. The Morgan fingerprint density at radius 2 is 1.94 bits per heavy atom. The van der Waals surface area contributed by atoms with Gasteiger partial charge in [-0.3, -0.25) is 4.68 Å². The number of aromatic nitrogens is 2. The Balaban J connectivity index is 2.00. The molecule has 1 aromatic carbocycles. The number of rotatable bonds is 2. The Morgan fingerprint density at radius 3 is 2.67 bits per heavy atom. The van der Waals surface area contributed by atoms with Gasteiger partial charge in [0.1, 0.15) is 0 Å². The van der Waals surface area contributed by atoms with Crippen molar-refractivity contribution in [3.8, 4) is 11.3 Å². The molecule has 0 spiro atoms. The van der Waals surface area contributed by atoms with Crippen LogP contribution in [0.15, 0.2) is 24.3 Å². The molecule has 1 N–H and O–H groups in total. The lowest BCUT2D eigenvalue weighted by molar-refractivity contribution is 0.270. The summed E-state index contributed by atoms with van der Waals surface area (Å²) in [6.07, 6.45) is 4.99. The summed E-state index contributed by atoms with van der Waals surface area (Å²) < 4.78 is 1.74. The third-order valence-corrected chi connectivity index (χ3v) is 3.78. The molecule has 1 aliphatic rings. The molecule has 3 nitrogen and oxygen atoms in total. The molecule has 0 fully saturated rings. The summed E-state index contributed by atoms with van der Waals surface area (Å²) in [4.78, 5) is 0. The third-order valence-electron chi connectivity index (χ3n) is 3.78. The van der Waals surface area contributed by atoms with Gasteiger partial charge in [-0.1, -0.05) is 12.1 Å². The molecular formula is C15H18N2O. The smallest absolute Gasteiger partial charge is 0.0926 e. The molecule has 0 unspecified atom stereocenters. The highest BCUT2D eigenvalue weighted by atomic mass is 16.3. The summed E-state index contributed by atoms with van der Waals surface area (Å²) in [6.45, 7) is 0.0362. The molecule has 0 radical (unpaired) electrons. The minimum Gasteiger partial charge on any atom is -0.390 e. The lowest BCUT2D eigenvalue weighted by atomic mass is 9.90. The van der Waals surface area contributed by atoms with Crippen molar-refractivity contribution in [1.82, 2.24) is 9.78 Å². The fourth-order valence-electron chi connectivity index (χ4n) is 2.69. The van der Waals surface area contributed by atoms with Gasteiger partial charge in [-0.25, -0.2) is 0 Å². The normalized spacial score (nSPS) is 14.6. The standard InChI is InChI=1S/C15H18N2O/c1-17-14(10-18)9-15(16-17)13-7-6-11-4-2-3-5-12(11)8-13/h6-9,18H,2-5,10H2,1H3. The number of aliphatic hydroxyl groups excluding tert-OH is 1. The van der Waals surface area contributed by atoms with Crippen LogP contribution in [0.3, 0.4) is 0 Å². The predicted octanol–water partition coefficient (Wildman–Crippen LogP) is 2.46. The fourth-order valence-corrected chi connectivity index (χ4v) is 2.69. The van der Waals surface area contributed by atoms with Crippen LogP contribution in [0.4, 0.5) is 0 Å². The maximum atomic E-state index is 9.21. The van der Waals surface area contributed by atoms with Crippen molar-refractivity contribution in [3.05, 3.63) is 41.1 Å². The molecule has 94 valence electrons. The largest absolute Gasteiger partial charge is 0.390 e. The highest BCUT2D eigenvalue weighted by Crippen LogP contribution is 2.27. The van der Waals surface area contributed by atoms with Crippen LogP contribution in [-0.4, -0.2) is 14.9 Å². The number of fused-ring (bicyclic) bond motifs is 1. The average Bonchev–Trinajstić information content (AvgIpc) is 2.79. The summed E-state index contributed by atoms with van der Waals surface area (Å²) in [6, 6.07) is 8.60. The second-order valence-corrected chi connectivity index (χ2v) is 4.99. The maximum absolute atomic E-state index is 9.21. The van der Waals surface area contributed by atoms with Crippen LogP contribution < -0.4 is 0 Å². The Kier molecular flexibility index (Phi) is 2.92. The predicted molar refractivity (Wildman–Crippen MR) is 71.2 cm³/mol. The summed E-state index contributed by atoms with van der Waals surface area (Å²) in [5, 5.41) is 13.7. The minimum atomic E-state index is 0.0362. The third kappa shape index (κ3) is 1.95. The van der Waals surface area contributed by atoms with E-state index < -0.39 is 0 Å². The summed E-state index contributed by atoms with van der Waals surface area (Å²) in [7, 11) is 1.87. The molecule has 2 aromatic rings. The van der Waals surface area contributed by atoms with Gasteiger partial charge in [0.15, 0.2) is 0 Å². The van der Waals surface area contributed by atoms with E-state index in [1.54, 1.807) is 4.68 Å². The van der Waals surface area contributed by atoms with Crippen molar-refractivity contribution in [2.45, 2.75) is 32.3 Å². The number of hydrogen-bond donors (Lipinski definition) is 1. The Morgan fingerprint density at radius 1 is 1.17 bits per heavy atom. The zero-order chi connectivity index (χ0) is 12.5. The molecule has 3 heteroatoms. The summed E-state index contributed by atoms with van der Waals surface area (Å²) >= 11 is 0. The van der Waals surface area contributed by atoms with Gasteiger partial charge in [-0.2, -0.15) is 5.10 Å². The van der Waals surface area contributed by atoms with Crippen LogP contribution in [-0.2, 0) is 26.5 Å². The lowest BCUT2D eigenvalue weighted by Crippen LogP contribution is -2.02. The molecule has 1 aliphatic carbocycles. The van der Waals surface area contributed by atoms with E-state index in [2.05, 4.69) is 23.3 Å². The van der Waals surface area contributed by atoms with Crippen LogP contribution in [0.2, 0.25) is 0 Å². The minimum absolute atomic E-state index is 0.0362. The molecule has 1 aromatic heterocycles. The van der Waals surface area contributed by atoms with Crippen LogP contribution in [0.25, 0.3) is 11.3 Å². The zero-order valence-corrected chi connectivity index (χ0v) is 10.7. The van der Waals surface area contributed by atoms with E-state index in [0.717, 1.165) is 17.0 Å². The number of aryl methyl sites for hydroxylation is 3. The molecule has 0 bridgehead atoms. The van der Waals surface area contributed by atoms with Crippen molar-refractivity contribution in [1.29, 1.82) is 0 Å². The number of benzene rings is 1. The van der Waals surface area contributed by atoms with Crippen molar-refractivity contribution in [3.63, 3.8) is 0 Å². The first-order valence-corrected chi connectivity index (χ1v) is 6.54. The molecule has 3 rings (SSSR count). The fraction of sp³-hybridized carbons (Fsp3) is 0.400. The van der Waals surface area contributed by atoms with E-state index in [0.29, 0.717) is 0 Å². The first kappa shape index (κ1) is 11.5. The SMILES string of the molecule is Cn1nc(-c2ccc3c(c2)CCCC3)cc1CO. The second kappa shape index (κ2) is 4.58. The van der Waals surface area contributed by atoms with Gasteiger partial charge in [0, 0.05) is 12.6 Å². The lowest BCUT2D eigenvalue weighted by Gasteiger charge is -2.15. The number of nitrogens with zero attached hydrogens (tertiary/aromatic N) is 2. The van der Waals surface area contributed by atoms with Crippen molar-refractivity contribution in [2.24, 2.45) is 7.05 Å². The van der Waals surface area contributed by atoms with E-state index in [1.165, 1.54) is 36.8 Å². The first-order valence-electron chi connectivity index (χ1n) is 6.54. The monoisotopic (exact) mass is 242 g/mol. The zero-order valence-electron chi connectivity index (χ0n) is 10.7. The number of aliphatic hydroxyl groups is 1. The van der Waals surface area contributed by atoms with Gasteiger partial charge >= 0.3 is 0 Å². The molecule has 0 saturated carbocycles. The molecule has 0 aliphatic heterocycles. The van der Waals surface area contributed by atoms with E-state index in [1.807, 2.05) is 13.1 Å². The molecular weight excluding hydrogens is 224 g/mol. The van der Waals surface area contributed by atoms with Gasteiger partial charge in [-0.15, -0.1) is 0 Å². The van der Waals surface area contributed by atoms with E-state index >= 15 is 0 Å². The van der Waals surface area contributed by atoms with Crippen LogP contribution in [0.5, 0.6) is 0 Å². The molecule has 0 saturated heterocycles. The quantitative estimate of drug-likeness (QED) is 0.878. The second-order valence-electron chi connectivity index (χ2n) is 4.99. The Labute approximate surface area is 107 Å². The first-order chi connectivity index (χ1) is 8.78. The Bertz CT molecular complexity index is 572. The topological polar surface area (TPSA) is 38.0 Å². The highest BCUT2D eigenvalue weighted by Gasteiger charge is 2.12. The summed E-state index contributed by atoms with van der Waals surface area (Å²) in [5.41, 5.74) is 5.92. The van der Waals surface area contributed by atoms with Crippen LogP contribution in [0.1, 0.15) is 29.7 Å². The van der Waals surface area contributed by atoms with Gasteiger partial charge in [0.2, 0.25) is 0 Å². The van der Waals surface area contributed by atoms with Crippen LogP contribution >= 0.6 is 0 Å². The molecule has 1 heterocycles.